The molecule has 0 saturated carbocycles. The summed E-state index contributed by atoms with van der Waals surface area (Å²) >= 11 is 3.73. The lowest BCUT2D eigenvalue weighted by Gasteiger charge is -2.26. The van der Waals surface area contributed by atoms with Gasteiger partial charge in [-0.25, -0.2) is 0 Å². The molecule has 0 aliphatic rings. The number of benzene rings is 10. The molecule has 3 heteroatoms. The molecule has 63 heavy (non-hydrogen) atoms. The molecule has 0 N–H and O–H groups in total. The van der Waals surface area contributed by atoms with Crippen molar-refractivity contribution in [2.75, 3.05) is 4.90 Å². The van der Waals surface area contributed by atoms with E-state index < -0.39 is 0 Å². The first kappa shape index (κ1) is 37.2. The van der Waals surface area contributed by atoms with Crippen LogP contribution >= 0.6 is 22.7 Å². The lowest BCUT2D eigenvalue weighted by atomic mass is 9.92. The Hall–Kier alpha value is -7.56. The predicted molar refractivity (Wildman–Crippen MR) is 274 cm³/mol. The van der Waals surface area contributed by atoms with Gasteiger partial charge >= 0.3 is 0 Å². The first-order chi connectivity index (χ1) is 31.2. The average Bonchev–Trinajstić information content (AvgIpc) is 3.93. The van der Waals surface area contributed by atoms with Crippen LogP contribution in [0, 0.1) is 0 Å². The molecule has 0 atom stereocenters. The zero-order valence-corrected chi connectivity index (χ0v) is 35.9. The monoisotopic (exact) mass is 837 g/mol. The Labute approximate surface area is 375 Å². The smallest absolute Gasteiger partial charge is 0.0462 e. The number of anilines is 3. The lowest BCUT2D eigenvalue weighted by molar-refractivity contribution is 1.28. The first-order valence-electron chi connectivity index (χ1n) is 21.4. The molecule has 0 unspecified atom stereocenters. The normalized spacial score (nSPS) is 11.5. The minimum absolute atomic E-state index is 1.10. The van der Waals surface area contributed by atoms with Crippen LogP contribution in [0.15, 0.2) is 237 Å². The van der Waals surface area contributed by atoms with E-state index in [2.05, 4.69) is 241 Å². The Morgan fingerprint density at radius 2 is 0.508 bits per heavy atom. The second-order valence-corrected chi connectivity index (χ2v) is 18.3. The molecule has 0 radical (unpaired) electrons. The van der Waals surface area contributed by atoms with Crippen molar-refractivity contribution < 1.29 is 0 Å². The molecular formula is C60H39NS2. The highest BCUT2D eigenvalue weighted by molar-refractivity contribution is 7.26. The molecule has 2 aromatic heterocycles. The van der Waals surface area contributed by atoms with Gasteiger partial charge in [0.1, 0.15) is 0 Å². The maximum Gasteiger partial charge on any atom is 0.0462 e. The van der Waals surface area contributed by atoms with Gasteiger partial charge in [0.25, 0.3) is 0 Å². The van der Waals surface area contributed by atoms with Crippen molar-refractivity contribution in [2.45, 2.75) is 0 Å². The highest BCUT2D eigenvalue weighted by Crippen LogP contribution is 2.42. The van der Waals surface area contributed by atoms with E-state index >= 15 is 0 Å². The molecule has 296 valence electrons. The Morgan fingerprint density at radius 3 is 0.921 bits per heavy atom. The van der Waals surface area contributed by atoms with Gasteiger partial charge in [-0.15, -0.1) is 22.7 Å². The molecule has 0 aliphatic carbocycles. The fourth-order valence-electron chi connectivity index (χ4n) is 9.06. The molecule has 0 spiro atoms. The van der Waals surface area contributed by atoms with Crippen LogP contribution in [0.2, 0.25) is 0 Å². The van der Waals surface area contributed by atoms with Crippen molar-refractivity contribution in [1.82, 2.24) is 0 Å². The summed E-state index contributed by atoms with van der Waals surface area (Å²) in [5.74, 6) is 0. The molecule has 0 amide bonds. The van der Waals surface area contributed by atoms with E-state index in [1.807, 2.05) is 22.7 Å². The maximum atomic E-state index is 2.39. The fourth-order valence-corrected chi connectivity index (χ4v) is 11.2. The number of thiophene rings is 2. The number of hydrogen-bond acceptors (Lipinski definition) is 3. The van der Waals surface area contributed by atoms with Crippen LogP contribution in [-0.4, -0.2) is 0 Å². The van der Waals surface area contributed by atoms with Gasteiger partial charge in [0.2, 0.25) is 0 Å². The van der Waals surface area contributed by atoms with E-state index in [0.29, 0.717) is 0 Å². The standard InChI is InChI=1S/C60H39NS2/c1-3-11-40(12-4-1)42-19-27-50(28-20-42)61(51-29-21-43(22-30-51)41-13-5-2-6-14-41)52-31-23-44(24-32-52)47-35-48(45-25-33-59-55(38-45)53-15-7-9-17-57(53)62-59)37-49(36-47)46-26-34-60-56(39-46)54-16-8-10-18-58(54)63-60/h1-39H. The molecule has 2 heterocycles. The van der Waals surface area contributed by atoms with E-state index in [9.17, 15) is 0 Å². The van der Waals surface area contributed by atoms with E-state index in [-0.39, 0.29) is 0 Å². The second kappa shape index (κ2) is 15.7. The largest absolute Gasteiger partial charge is 0.311 e. The van der Waals surface area contributed by atoms with Gasteiger partial charge in [-0.1, -0.05) is 146 Å². The van der Waals surface area contributed by atoms with Crippen molar-refractivity contribution in [3.63, 3.8) is 0 Å². The molecule has 1 nitrogen and oxygen atoms in total. The minimum Gasteiger partial charge on any atom is -0.311 e. The Kier molecular flexibility index (Phi) is 9.29. The first-order valence-corrected chi connectivity index (χ1v) is 23.0. The van der Waals surface area contributed by atoms with Crippen LogP contribution in [0.3, 0.4) is 0 Å². The molecule has 12 aromatic rings. The van der Waals surface area contributed by atoms with Crippen LogP contribution in [-0.2, 0) is 0 Å². The maximum absolute atomic E-state index is 2.39. The van der Waals surface area contributed by atoms with E-state index in [0.717, 1.165) is 17.1 Å². The average molecular weight is 838 g/mol. The number of hydrogen-bond donors (Lipinski definition) is 0. The van der Waals surface area contributed by atoms with Crippen molar-refractivity contribution >= 4 is 80.1 Å². The molecule has 0 aliphatic heterocycles. The van der Waals surface area contributed by atoms with Gasteiger partial charge in [-0.2, -0.15) is 0 Å². The highest BCUT2D eigenvalue weighted by Gasteiger charge is 2.16. The fraction of sp³-hybridized carbons (Fsp3) is 0. The van der Waals surface area contributed by atoms with Crippen LogP contribution in [0.4, 0.5) is 17.1 Å². The topological polar surface area (TPSA) is 3.24 Å². The van der Waals surface area contributed by atoms with Crippen LogP contribution in [0.25, 0.3) is 96.0 Å². The number of fused-ring (bicyclic) bond motifs is 6. The quantitative estimate of drug-likeness (QED) is 0.147. The van der Waals surface area contributed by atoms with Crippen molar-refractivity contribution in [1.29, 1.82) is 0 Å². The zero-order valence-electron chi connectivity index (χ0n) is 34.3. The van der Waals surface area contributed by atoms with Gasteiger partial charge in [-0.05, 0) is 147 Å². The third-order valence-electron chi connectivity index (χ3n) is 12.3. The molecule has 12 rings (SSSR count). The number of nitrogens with zero attached hydrogens (tertiary/aromatic N) is 1. The van der Waals surface area contributed by atoms with Crippen LogP contribution in [0.1, 0.15) is 0 Å². The summed E-state index contributed by atoms with van der Waals surface area (Å²) < 4.78 is 5.28. The van der Waals surface area contributed by atoms with Gasteiger partial charge in [-0.3, -0.25) is 0 Å². The Balaban J connectivity index is 0.970. The minimum atomic E-state index is 1.10. The van der Waals surface area contributed by atoms with E-state index in [1.54, 1.807) is 0 Å². The van der Waals surface area contributed by atoms with Gasteiger partial charge in [0, 0.05) is 57.4 Å². The van der Waals surface area contributed by atoms with E-state index in [1.165, 1.54) is 96.0 Å². The van der Waals surface area contributed by atoms with Gasteiger partial charge in [0.05, 0.1) is 0 Å². The van der Waals surface area contributed by atoms with Crippen molar-refractivity contribution in [3.05, 3.63) is 237 Å². The second-order valence-electron chi connectivity index (χ2n) is 16.1. The Bertz CT molecular complexity index is 3370. The van der Waals surface area contributed by atoms with Gasteiger partial charge in [0.15, 0.2) is 0 Å². The zero-order chi connectivity index (χ0) is 41.7. The third-order valence-corrected chi connectivity index (χ3v) is 14.6. The van der Waals surface area contributed by atoms with Gasteiger partial charge < -0.3 is 4.90 Å². The van der Waals surface area contributed by atoms with Crippen LogP contribution < -0.4 is 4.90 Å². The summed E-state index contributed by atoms with van der Waals surface area (Å²) in [5.41, 5.74) is 15.3. The third kappa shape index (κ3) is 6.98. The van der Waals surface area contributed by atoms with E-state index in [4.69, 9.17) is 0 Å². The molecule has 0 saturated heterocycles. The molecule has 0 fully saturated rings. The summed E-state index contributed by atoms with van der Waals surface area (Å²) in [6.45, 7) is 0. The summed E-state index contributed by atoms with van der Waals surface area (Å²) in [6, 6.07) is 86.7. The van der Waals surface area contributed by atoms with Crippen molar-refractivity contribution in [2.24, 2.45) is 0 Å². The predicted octanol–water partition coefficient (Wildman–Crippen LogP) is 18.2. The molecule has 0 bridgehead atoms. The van der Waals surface area contributed by atoms with Crippen LogP contribution in [0.5, 0.6) is 0 Å². The SMILES string of the molecule is c1ccc(-c2ccc(N(c3ccc(-c4ccccc4)cc3)c3ccc(-c4cc(-c5ccc6sc7ccccc7c6c5)cc(-c5ccc6sc7ccccc7c6c5)c4)cc3)cc2)cc1. The van der Waals surface area contributed by atoms with Crippen molar-refractivity contribution in [3.8, 4) is 55.6 Å². The molecule has 10 aromatic carbocycles. The summed E-state index contributed by atoms with van der Waals surface area (Å²) in [6.07, 6.45) is 0. The molecular weight excluding hydrogens is 799 g/mol. The number of rotatable bonds is 8. The highest BCUT2D eigenvalue weighted by atomic mass is 32.1. The lowest BCUT2D eigenvalue weighted by Crippen LogP contribution is -2.09. The Morgan fingerprint density at radius 1 is 0.206 bits per heavy atom. The summed E-state index contributed by atoms with van der Waals surface area (Å²) in [7, 11) is 0. The summed E-state index contributed by atoms with van der Waals surface area (Å²) in [4.78, 5) is 2.36. The summed E-state index contributed by atoms with van der Waals surface area (Å²) in [5, 5.41) is 5.25.